The zero-order chi connectivity index (χ0) is 15.8. The van der Waals surface area contributed by atoms with E-state index in [2.05, 4.69) is 10.3 Å². The maximum absolute atomic E-state index is 11.0. The number of aliphatic hydroxyl groups excluding tert-OH is 1. The monoisotopic (exact) mass is 482 g/mol. The molecule has 2 N–H and O–H groups in total. The van der Waals surface area contributed by atoms with Crippen LogP contribution in [0.1, 0.15) is 19.4 Å². The Hall–Kier alpha value is -1.55. The number of nitrogens with one attached hydrogen (secondary N) is 1. The predicted molar refractivity (Wildman–Crippen MR) is 83.3 cm³/mol. The van der Waals surface area contributed by atoms with Gasteiger partial charge in [0.25, 0.3) is 0 Å². The number of nitro groups is 1. The van der Waals surface area contributed by atoms with Crippen molar-refractivity contribution in [1.82, 2.24) is 4.98 Å². The average Bonchev–Trinajstić information content (AvgIpc) is 2.51. The SMILES string of the molecule is CC.O=[N+]([O-])c1c[c]([Pb])cnc1Nc1ccc(CO)cc1. The first-order valence-corrected chi connectivity index (χ1v) is 8.37. The van der Waals surface area contributed by atoms with Crippen LogP contribution in [0.5, 0.6) is 0 Å². The van der Waals surface area contributed by atoms with Gasteiger partial charge in [-0.3, -0.25) is 0 Å². The standard InChI is InChI=1S/C12H10N3O3.C2H6.Pb/c16-8-9-3-5-10(6-4-9)14-12-11(15(17)18)2-1-7-13-12;1-2;/h2-7,16H,8H2,(H,13,14);1-2H3;. The molecule has 0 bridgehead atoms. The quantitative estimate of drug-likeness (QED) is 0.397. The first-order chi connectivity index (χ1) is 10.1. The van der Waals surface area contributed by atoms with Crippen LogP contribution in [0.2, 0.25) is 0 Å². The number of hydrogen-bond acceptors (Lipinski definition) is 5. The van der Waals surface area contributed by atoms with Gasteiger partial charge in [-0.15, -0.1) is 0 Å². The molecule has 0 aliphatic carbocycles. The number of anilines is 2. The molecule has 6 nitrogen and oxygen atoms in total. The predicted octanol–water partition coefficient (Wildman–Crippen LogP) is 2.05. The van der Waals surface area contributed by atoms with Crippen molar-refractivity contribution >= 4 is 46.1 Å². The van der Waals surface area contributed by atoms with E-state index in [1.54, 1.807) is 30.5 Å². The Morgan fingerprint density at radius 1 is 1.33 bits per heavy atom. The maximum atomic E-state index is 11.0. The van der Waals surface area contributed by atoms with Crippen molar-refractivity contribution in [3.63, 3.8) is 0 Å². The Bertz CT molecular complexity index is 603. The molecular weight excluding hydrogens is 465 g/mol. The summed E-state index contributed by atoms with van der Waals surface area (Å²) in [6.45, 7) is 3.97. The van der Waals surface area contributed by atoms with E-state index in [-0.39, 0.29) is 18.1 Å². The van der Waals surface area contributed by atoms with Crippen LogP contribution in [-0.2, 0) is 6.61 Å². The number of aromatic nitrogens is 1. The third-order valence-electron chi connectivity index (χ3n) is 2.46. The first-order valence-electron chi connectivity index (χ1n) is 6.43. The molecule has 1 aromatic heterocycles. The van der Waals surface area contributed by atoms with E-state index in [0.29, 0.717) is 31.5 Å². The van der Waals surface area contributed by atoms with Crippen LogP contribution in [0.4, 0.5) is 17.2 Å². The number of pyridine rings is 1. The molecule has 0 fully saturated rings. The van der Waals surface area contributed by atoms with Crippen LogP contribution in [0.3, 0.4) is 0 Å². The van der Waals surface area contributed by atoms with Crippen molar-refractivity contribution in [3.05, 3.63) is 52.2 Å². The minimum atomic E-state index is -0.446. The van der Waals surface area contributed by atoms with Crippen LogP contribution in [-0.4, -0.2) is 40.8 Å². The van der Waals surface area contributed by atoms with Gasteiger partial charge in [0, 0.05) is 0 Å². The summed E-state index contributed by atoms with van der Waals surface area (Å²) >= 11 is 0.715. The fraction of sp³-hybridized carbons (Fsp3) is 0.214. The van der Waals surface area contributed by atoms with Gasteiger partial charge in [-0.25, -0.2) is 0 Å². The molecule has 109 valence electrons. The molecule has 0 amide bonds. The Kier molecular flexibility index (Phi) is 7.23. The molecular formula is C14H16N3O3Pb. The Morgan fingerprint density at radius 3 is 2.48 bits per heavy atom. The molecule has 0 saturated carbocycles. The third kappa shape index (κ3) is 5.05. The molecule has 0 unspecified atom stereocenters. The summed E-state index contributed by atoms with van der Waals surface area (Å²) in [5.41, 5.74) is 1.44. The zero-order valence-corrected chi connectivity index (χ0v) is 15.7. The van der Waals surface area contributed by atoms with E-state index >= 15 is 0 Å². The molecule has 21 heavy (non-hydrogen) atoms. The van der Waals surface area contributed by atoms with Crippen LogP contribution in [0, 0.1) is 10.1 Å². The Labute approximate surface area is 139 Å². The topological polar surface area (TPSA) is 88.3 Å². The van der Waals surface area contributed by atoms with E-state index < -0.39 is 4.92 Å². The van der Waals surface area contributed by atoms with Gasteiger partial charge in [0.05, 0.1) is 0 Å². The number of benzene rings is 1. The second-order valence-electron chi connectivity index (χ2n) is 3.83. The fourth-order valence-electron chi connectivity index (χ4n) is 1.52. The van der Waals surface area contributed by atoms with E-state index in [1.165, 1.54) is 6.07 Å². The minimum absolute atomic E-state index is 0.0289. The van der Waals surface area contributed by atoms with Crippen molar-refractivity contribution in [3.8, 4) is 0 Å². The van der Waals surface area contributed by atoms with Gasteiger partial charge in [0.1, 0.15) is 0 Å². The van der Waals surface area contributed by atoms with Gasteiger partial charge in [0.2, 0.25) is 0 Å². The van der Waals surface area contributed by atoms with Crippen LogP contribution in [0.15, 0.2) is 36.5 Å². The van der Waals surface area contributed by atoms with Crippen molar-refractivity contribution in [2.45, 2.75) is 20.5 Å². The summed E-state index contributed by atoms with van der Waals surface area (Å²) in [7, 11) is 0. The van der Waals surface area contributed by atoms with Crippen molar-refractivity contribution in [2.24, 2.45) is 0 Å². The second-order valence-corrected chi connectivity index (χ2v) is 6.07. The zero-order valence-electron chi connectivity index (χ0n) is 11.8. The van der Waals surface area contributed by atoms with Crippen molar-refractivity contribution in [2.75, 3.05) is 5.32 Å². The van der Waals surface area contributed by atoms with E-state index in [4.69, 9.17) is 5.11 Å². The number of nitrogens with zero attached hydrogens (tertiary/aromatic N) is 2. The summed E-state index contributed by atoms with van der Waals surface area (Å²) in [6, 6.07) is 8.51. The van der Waals surface area contributed by atoms with Gasteiger partial charge in [-0.2, -0.15) is 0 Å². The molecule has 0 atom stereocenters. The molecule has 0 aliphatic heterocycles. The van der Waals surface area contributed by atoms with Gasteiger partial charge in [0.15, 0.2) is 0 Å². The molecule has 0 spiro atoms. The summed E-state index contributed by atoms with van der Waals surface area (Å²) in [4.78, 5) is 14.6. The molecule has 0 saturated heterocycles. The molecule has 3 radical (unpaired) electrons. The number of aliphatic hydroxyl groups is 1. The molecule has 1 heterocycles. The molecule has 2 aromatic rings. The molecule has 1 aromatic carbocycles. The Morgan fingerprint density at radius 2 is 1.95 bits per heavy atom. The van der Waals surface area contributed by atoms with Gasteiger partial charge in [-0.05, 0) is 0 Å². The fourth-order valence-corrected chi connectivity index (χ4v) is 2.30. The van der Waals surface area contributed by atoms with E-state index in [9.17, 15) is 10.1 Å². The van der Waals surface area contributed by atoms with Gasteiger partial charge in [-0.1, -0.05) is 13.8 Å². The Balaban J connectivity index is 0.00000106. The van der Waals surface area contributed by atoms with Gasteiger partial charge < -0.3 is 0 Å². The number of hydrogen-bond donors (Lipinski definition) is 2. The normalized spacial score (nSPS) is 9.52. The van der Waals surface area contributed by atoms with Gasteiger partial charge >= 0.3 is 125 Å². The first kappa shape index (κ1) is 17.5. The third-order valence-corrected chi connectivity index (χ3v) is 3.53. The summed E-state index contributed by atoms with van der Waals surface area (Å²) in [5.74, 6) is 0.223. The second kappa shape index (κ2) is 8.68. The van der Waals surface area contributed by atoms with Crippen molar-refractivity contribution < 1.29 is 10.0 Å². The summed E-state index contributed by atoms with van der Waals surface area (Å²) < 4.78 is 0.868. The van der Waals surface area contributed by atoms with Crippen LogP contribution in [0.25, 0.3) is 0 Å². The van der Waals surface area contributed by atoms with Crippen molar-refractivity contribution in [1.29, 1.82) is 0 Å². The summed E-state index contributed by atoms with van der Waals surface area (Å²) in [6.07, 6.45) is 1.63. The van der Waals surface area contributed by atoms with E-state index in [0.717, 1.165) is 8.69 Å². The van der Waals surface area contributed by atoms with E-state index in [1.807, 2.05) is 13.8 Å². The number of rotatable bonds is 4. The molecule has 0 aliphatic rings. The van der Waals surface area contributed by atoms with Crippen LogP contribution < -0.4 is 8.44 Å². The summed E-state index contributed by atoms with van der Waals surface area (Å²) in [5, 5.41) is 22.8. The molecule has 2 rings (SSSR count). The molecule has 7 heteroatoms. The average molecular weight is 482 g/mol. The van der Waals surface area contributed by atoms with Crippen LogP contribution >= 0.6 is 0 Å².